The summed E-state index contributed by atoms with van der Waals surface area (Å²) in [5, 5.41) is 8.99. The predicted molar refractivity (Wildman–Crippen MR) is 14.0 cm³/mol. The largest absolute Gasteiger partial charge is 0.402 e. The molecule has 0 unspecified atom stereocenters. The van der Waals surface area contributed by atoms with Gasteiger partial charge in [0.1, 0.15) is 0 Å². The summed E-state index contributed by atoms with van der Waals surface area (Å²) in [7, 11) is 0. The van der Waals surface area contributed by atoms with Gasteiger partial charge in [-0.05, 0) is 0 Å². The zero-order valence-electron chi connectivity index (χ0n) is 2.14. The molecule has 2 N–H and O–H groups in total. The first-order valence-electron chi connectivity index (χ1n) is 0.902. The second-order valence-electron chi connectivity index (χ2n) is 0.329. The third kappa shape index (κ3) is 1.34. The lowest BCUT2D eigenvalue weighted by Gasteiger charge is -1.49. The molecule has 0 aromatic rings. The van der Waals surface area contributed by atoms with Crippen LogP contribution in [-0.2, 0) is 5.11 Å². The Kier molecular flexibility index (Phi) is 1.95. The molecule has 0 atom stereocenters. The van der Waals surface area contributed by atoms with Gasteiger partial charge in [-0.2, -0.15) is 0 Å². The SMILES string of the molecule is NC=C[O]. The van der Waals surface area contributed by atoms with E-state index in [0.717, 1.165) is 6.20 Å². The molecule has 2 heteroatoms. The average molecular weight is 58.1 g/mol. The molecule has 0 aromatic carbocycles. The highest BCUT2D eigenvalue weighted by Crippen LogP contribution is 1.41. The fourth-order valence-corrected chi connectivity index (χ4v) is 0. The van der Waals surface area contributed by atoms with Gasteiger partial charge in [-0.15, -0.1) is 0 Å². The van der Waals surface area contributed by atoms with Crippen LogP contribution in [0.1, 0.15) is 0 Å². The molecule has 0 spiro atoms. The molecule has 0 aliphatic carbocycles. The topological polar surface area (TPSA) is 45.9 Å². The van der Waals surface area contributed by atoms with E-state index in [-0.39, 0.29) is 0 Å². The molecular weight excluding hydrogens is 54.0 g/mol. The van der Waals surface area contributed by atoms with E-state index < -0.39 is 0 Å². The zero-order valence-corrected chi connectivity index (χ0v) is 2.14. The maximum atomic E-state index is 8.99. The lowest BCUT2D eigenvalue weighted by atomic mass is 11.0. The molecule has 0 amide bonds. The Morgan fingerprint density at radius 2 is 2.00 bits per heavy atom. The molecule has 0 aliphatic rings. The first kappa shape index (κ1) is 3.34. The molecule has 2 nitrogen and oxygen atoms in total. The summed E-state index contributed by atoms with van der Waals surface area (Å²) in [4.78, 5) is 0. The van der Waals surface area contributed by atoms with Gasteiger partial charge in [-0.1, -0.05) is 0 Å². The third-order valence-electron chi connectivity index (χ3n) is 0.0786. The van der Waals surface area contributed by atoms with Gasteiger partial charge >= 0.3 is 0 Å². The first-order chi connectivity index (χ1) is 1.91. The van der Waals surface area contributed by atoms with Crippen LogP contribution in [0.4, 0.5) is 0 Å². The molecule has 0 aromatic heterocycles. The van der Waals surface area contributed by atoms with Crippen LogP contribution in [0.25, 0.3) is 0 Å². The van der Waals surface area contributed by atoms with Crippen LogP contribution in [0.5, 0.6) is 0 Å². The fraction of sp³-hybridized carbons (Fsp3) is 0. The number of rotatable bonds is 0. The molecule has 4 heavy (non-hydrogen) atoms. The molecule has 0 rings (SSSR count). The second-order valence-corrected chi connectivity index (χ2v) is 0.329. The van der Waals surface area contributed by atoms with E-state index in [0.29, 0.717) is 6.26 Å². The van der Waals surface area contributed by atoms with Crippen LogP contribution < -0.4 is 5.73 Å². The standard InChI is InChI=1S/C2H4NO/c3-1-2-4/h1-2H,3H2. The highest BCUT2D eigenvalue weighted by Gasteiger charge is 1.39. The van der Waals surface area contributed by atoms with E-state index in [1.54, 1.807) is 0 Å². The zero-order chi connectivity index (χ0) is 3.41. The van der Waals surface area contributed by atoms with Gasteiger partial charge in [0.15, 0.2) is 6.26 Å². The molecule has 0 bridgehead atoms. The summed E-state index contributed by atoms with van der Waals surface area (Å²) >= 11 is 0. The maximum Gasteiger partial charge on any atom is 0.158 e. The smallest absolute Gasteiger partial charge is 0.158 e. The average Bonchev–Trinajstić information content (AvgIpc) is 1.37. The van der Waals surface area contributed by atoms with E-state index in [2.05, 4.69) is 5.73 Å². The van der Waals surface area contributed by atoms with Gasteiger partial charge in [-0.25, -0.2) is 0 Å². The normalized spacial score (nSPS) is 9.00. The van der Waals surface area contributed by atoms with Gasteiger partial charge < -0.3 is 5.73 Å². The number of hydrogen-bond acceptors (Lipinski definition) is 1. The Morgan fingerprint density at radius 1 is 1.75 bits per heavy atom. The minimum absolute atomic E-state index is 0.528. The summed E-state index contributed by atoms with van der Waals surface area (Å²) < 4.78 is 0. The molecular formula is C2H4NO. The van der Waals surface area contributed by atoms with E-state index in [1.807, 2.05) is 0 Å². The van der Waals surface area contributed by atoms with Crippen molar-refractivity contribution in [2.24, 2.45) is 5.73 Å². The van der Waals surface area contributed by atoms with Crippen molar-refractivity contribution in [1.29, 1.82) is 0 Å². The highest BCUT2D eigenvalue weighted by molar-refractivity contribution is 4.57. The van der Waals surface area contributed by atoms with E-state index in [1.165, 1.54) is 0 Å². The minimum Gasteiger partial charge on any atom is -0.402 e. The van der Waals surface area contributed by atoms with Gasteiger partial charge in [-0.3, -0.25) is 5.11 Å². The second kappa shape index (κ2) is 2.34. The molecule has 1 radical (unpaired) electrons. The summed E-state index contributed by atoms with van der Waals surface area (Å²) in [6.45, 7) is 0. The van der Waals surface area contributed by atoms with Crippen LogP contribution in [0.15, 0.2) is 12.5 Å². The molecule has 0 fully saturated rings. The fourth-order valence-electron chi connectivity index (χ4n) is 0. The van der Waals surface area contributed by atoms with Crippen LogP contribution in [0.3, 0.4) is 0 Å². The molecule has 0 heterocycles. The van der Waals surface area contributed by atoms with E-state index in [4.69, 9.17) is 5.11 Å². The lowest BCUT2D eigenvalue weighted by Crippen LogP contribution is -1.71. The minimum atomic E-state index is 0.528. The van der Waals surface area contributed by atoms with Gasteiger partial charge in [0.25, 0.3) is 0 Å². The summed E-state index contributed by atoms with van der Waals surface area (Å²) in [5.74, 6) is 0. The van der Waals surface area contributed by atoms with Crippen molar-refractivity contribution >= 4 is 0 Å². The molecule has 23 valence electrons. The van der Waals surface area contributed by atoms with Crippen molar-refractivity contribution in [3.63, 3.8) is 0 Å². The third-order valence-corrected chi connectivity index (χ3v) is 0.0786. The molecule has 0 aliphatic heterocycles. The Bertz CT molecular complexity index is 21.2. The van der Waals surface area contributed by atoms with E-state index >= 15 is 0 Å². The monoisotopic (exact) mass is 58.0 g/mol. The van der Waals surface area contributed by atoms with Crippen molar-refractivity contribution in [1.82, 2.24) is 0 Å². The Morgan fingerprint density at radius 3 is 2.00 bits per heavy atom. The quantitative estimate of drug-likeness (QED) is 0.387. The number of hydrogen-bond donors (Lipinski definition) is 1. The van der Waals surface area contributed by atoms with E-state index in [9.17, 15) is 0 Å². The summed E-state index contributed by atoms with van der Waals surface area (Å²) in [6.07, 6.45) is 1.47. The lowest BCUT2D eigenvalue weighted by molar-refractivity contribution is 0.350. The summed E-state index contributed by atoms with van der Waals surface area (Å²) in [6, 6.07) is 0. The Hall–Kier alpha value is -0.660. The molecule has 0 saturated carbocycles. The van der Waals surface area contributed by atoms with Crippen LogP contribution in [0.2, 0.25) is 0 Å². The Balaban J connectivity index is 2.55. The predicted octanol–water partition coefficient (Wildman–Crippen LogP) is -0.153. The van der Waals surface area contributed by atoms with Gasteiger partial charge in [0.05, 0.1) is 0 Å². The molecule has 0 saturated heterocycles. The van der Waals surface area contributed by atoms with Gasteiger partial charge in [0, 0.05) is 6.20 Å². The Labute approximate surface area is 24.5 Å². The number of nitrogens with two attached hydrogens (primary N) is 1. The van der Waals surface area contributed by atoms with Crippen LogP contribution in [-0.4, -0.2) is 0 Å². The maximum absolute atomic E-state index is 8.99. The van der Waals surface area contributed by atoms with Crippen molar-refractivity contribution in [2.45, 2.75) is 0 Å². The summed E-state index contributed by atoms with van der Waals surface area (Å²) in [5.41, 5.74) is 4.53. The highest BCUT2D eigenvalue weighted by atomic mass is 16.2. The van der Waals surface area contributed by atoms with Crippen molar-refractivity contribution in [2.75, 3.05) is 0 Å². The van der Waals surface area contributed by atoms with Gasteiger partial charge in [0.2, 0.25) is 0 Å². The van der Waals surface area contributed by atoms with Crippen molar-refractivity contribution in [3.05, 3.63) is 12.5 Å². The first-order valence-corrected chi connectivity index (χ1v) is 0.902. The van der Waals surface area contributed by atoms with Crippen LogP contribution in [0, 0.1) is 0 Å². The van der Waals surface area contributed by atoms with Crippen LogP contribution >= 0.6 is 0 Å². The van der Waals surface area contributed by atoms with Crippen molar-refractivity contribution < 1.29 is 5.11 Å². The van der Waals surface area contributed by atoms with Crippen molar-refractivity contribution in [3.8, 4) is 0 Å².